The molecule has 1 amide bonds. The van der Waals surface area contributed by atoms with Crippen molar-refractivity contribution in [3.05, 3.63) is 117 Å². The number of hydrogen-bond donors (Lipinski definition) is 1. The summed E-state index contributed by atoms with van der Waals surface area (Å²) in [6.45, 7) is 0.356. The summed E-state index contributed by atoms with van der Waals surface area (Å²) in [6.07, 6.45) is 0. The maximum atomic E-state index is 13.3. The zero-order valence-corrected chi connectivity index (χ0v) is 17.7. The van der Waals surface area contributed by atoms with Crippen molar-refractivity contribution < 1.29 is 4.79 Å². The number of nitrogens with zero attached hydrogens (tertiary/aromatic N) is 4. The highest BCUT2D eigenvalue weighted by molar-refractivity contribution is 5.80. The van der Waals surface area contributed by atoms with Crippen LogP contribution in [0.4, 0.5) is 0 Å². The van der Waals surface area contributed by atoms with Crippen LogP contribution in [0.5, 0.6) is 0 Å². The zero-order valence-electron chi connectivity index (χ0n) is 17.7. The van der Waals surface area contributed by atoms with Gasteiger partial charge in [0, 0.05) is 6.54 Å². The molecule has 0 aliphatic carbocycles. The molecule has 8 heteroatoms. The molecule has 0 atom stereocenters. The molecule has 5 aromatic rings. The molecular formula is C25H21N5O3. The summed E-state index contributed by atoms with van der Waals surface area (Å²) in [6, 6.07) is 25.9. The highest BCUT2D eigenvalue weighted by atomic mass is 16.2. The molecule has 0 unspecified atom stereocenters. The summed E-state index contributed by atoms with van der Waals surface area (Å²) in [5.41, 5.74) is 1.60. The highest BCUT2D eigenvalue weighted by Gasteiger charge is 2.18. The molecule has 0 bridgehead atoms. The fraction of sp³-hybridized carbons (Fsp3) is 0.120. The van der Waals surface area contributed by atoms with Crippen molar-refractivity contribution in [2.24, 2.45) is 0 Å². The number of benzene rings is 3. The summed E-state index contributed by atoms with van der Waals surface area (Å²) < 4.78 is 3.96. The van der Waals surface area contributed by atoms with Crippen molar-refractivity contribution in [1.82, 2.24) is 24.1 Å². The van der Waals surface area contributed by atoms with Gasteiger partial charge in [0.25, 0.3) is 5.56 Å². The SMILES string of the molecule is O=C(Cn1nc2n(Cc3ccccc3)c(=O)c3ccccc3n2c1=O)NCc1ccccc1. The van der Waals surface area contributed by atoms with E-state index >= 15 is 0 Å². The molecule has 0 spiro atoms. The van der Waals surface area contributed by atoms with Crippen molar-refractivity contribution in [1.29, 1.82) is 0 Å². The minimum atomic E-state index is -0.474. The Morgan fingerprint density at radius 1 is 0.818 bits per heavy atom. The van der Waals surface area contributed by atoms with E-state index in [9.17, 15) is 14.4 Å². The van der Waals surface area contributed by atoms with E-state index in [1.807, 2.05) is 60.7 Å². The van der Waals surface area contributed by atoms with Gasteiger partial charge in [-0.25, -0.2) is 13.9 Å². The molecule has 33 heavy (non-hydrogen) atoms. The second kappa shape index (κ2) is 8.58. The Labute approximate surface area is 188 Å². The van der Waals surface area contributed by atoms with Crippen molar-refractivity contribution in [3.8, 4) is 0 Å². The fourth-order valence-electron chi connectivity index (χ4n) is 3.87. The standard InChI is InChI=1S/C25H21N5O3/c31-22(26-15-18-9-3-1-4-10-18)17-29-25(33)30-21-14-8-7-13-20(21)23(32)28(24(30)27-29)16-19-11-5-2-6-12-19/h1-14H,15-17H2,(H,26,31). The van der Waals surface area contributed by atoms with Crippen LogP contribution in [-0.2, 0) is 24.4 Å². The topological polar surface area (TPSA) is 90.4 Å². The number of rotatable bonds is 6. The molecule has 164 valence electrons. The van der Waals surface area contributed by atoms with Gasteiger partial charge in [0.2, 0.25) is 11.7 Å². The molecule has 0 radical (unpaired) electrons. The molecule has 3 aromatic carbocycles. The normalized spacial score (nSPS) is 11.2. The first-order valence-electron chi connectivity index (χ1n) is 10.6. The Morgan fingerprint density at radius 2 is 1.45 bits per heavy atom. The highest BCUT2D eigenvalue weighted by Crippen LogP contribution is 2.12. The van der Waals surface area contributed by atoms with E-state index in [0.717, 1.165) is 15.8 Å². The lowest BCUT2D eigenvalue weighted by Gasteiger charge is -2.09. The van der Waals surface area contributed by atoms with E-state index in [1.165, 1.54) is 8.97 Å². The predicted octanol–water partition coefficient (Wildman–Crippen LogP) is 2.18. The molecule has 0 aliphatic heterocycles. The Balaban J connectivity index is 1.56. The van der Waals surface area contributed by atoms with E-state index in [0.29, 0.717) is 17.4 Å². The summed E-state index contributed by atoms with van der Waals surface area (Å²) in [5.74, 6) is -0.144. The number of para-hydroxylation sites is 1. The quantitative estimate of drug-likeness (QED) is 0.439. The first kappa shape index (κ1) is 20.4. The molecule has 8 nitrogen and oxygen atoms in total. The van der Waals surface area contributed by atoms with Crippen LogP contribution in [-0.4, -0.2) is 24.7 Å². The van der Waals surface area contributed by atoms with Gasteiger partial charge >= 0.3 is 5.69 Å². The van der Waals surface area contributed by atoms with Gasteiger partial charge < -0.3 is 5.32 Å². The van der Waals surface area contributed by atoms with Crippen LogP contribution >= 0.6 is 0 Å². The van der Waals surface area contributed by atoms with Gasteiger partial charge in [-0.15, -0.1) is 5.10 Å². The monoisotopic (exact) mass is 439 g/mol. The predicted molar refractivity (Wildman–Crippen MR) is 125 cm³/mol. The van der Waals surface area contributed by atoms with Crippen LogP contribution in [0.15, 0.2) is 94.5 Å². The van der Waals surface area contributed by atoms with Crippen LogP contribution in [0.1, 0.15) is 11.1 Å². The van der Waals surface area contributed by atoms with Gasteiger partial charge in [0.1, 0.15) is 6.54 Å². The number of fused-ring (bicyclic) bond motifs is 3. The largest absolute Gasteiger partial charge is 0.352 e. The number of aromatic nitrogens is 4. The Bertz CT molecular complexity index is 1570. The average molecular weight is 439 g/mol. The van der Waals surface area contributed by atoms with Gasteiger partial charge in [0.15, 0.2) is 0 Å². The lowest BCUT2D eigenvalue weighted by atomic mass is 10.2. The van der Waals surface area contributed by atoms with E-state index in [2.05, 4.69) is 10.4 Å². The summed E-state index contributed by atoms with van der Waals surface area (Å²) in [4.78, 5) is 39.0. The van der Waals surface area contributed by atoms with Gasteiger partial charge in [-0.05, 0) is 23.3 Å². The van der Waals surface area contributed by atoms with Crippen molar-refractivity contribution >= 4 is 22.6 Å². The summed E-state index contributed by atoms with van der Waals surface area (Å²) in [5, 5.41) is 7.60. The average Bonchev–Trinajstić information content (AvgIpc) is 3.17. The maximum Gasteiger partial charge on any atom is 0.352 e. The van der Waals surface area contributed by atoms with E-state index in [-0.39, 0.29) is 30.3 Å². The molecule has 2 aromatic heterocycles. The van der Waals surface area contributed by atoms with Gasteiger partial charge in [-0.2, -0.15) is 0 Å². The molecule has 0 aliphatic rings. The van der Waals surface area contributed by atoms with Gasteiger partial charge in [0.05, 0.1) is 17.4 Å². The maximum absolute atomic E-state index is 13.3. The first-order valence-corrected chi connectivity index (χ1v) is 10.6. The number of carbonyl (C=O) groups excluding carboxylic acids is 1. The molecule has 2 heterocycles. The van der Waals surface area contributed by atoms with E-state index < -0.39 is 5.69 Å². The lowest BCUT2D eigenvalue weighted by Crippen LogP contribution is -2.32. The number of nitrogens with one attached hydrogen (secondary N) is 1. The first-order chi connectivity index (χ1) is 16.1. The Hall–Kier alpha value is -4.46. The Morgan fingerprint density at radius 3 is 2.18 bits per heavy atom. The van der Waals surface area contributed by atoms with Gasteiger partial charge in [-0.3, -0.25) is 14.2 Å². The number of hydrogen-bond acceptors (Lipinski definition) is 4. The second-order valence-electron chi connectivity index (χ2n) is 7.73. The molecule has 0 saturated carbocycles. The van der Waals surface area contributed by atoms with Crippen LogP contribution in [0.25, 0.3) is 16.7 Å². The lowest BCUT2D eigenvalue weighted by molar-refractivity contribution is -0.122. The van der Waals surface area contributed by atoms with Gasteiger partial charge in [-0.1, -0.05) is 72.8 Å². The molecular weight excluding hydrogens is 418 g/mol. The fourth-order valence-corrected chi connectivity index (χ4v) is 3.87. The minimum absolute atomic E-state index is 0.198. The molecule has 1 N–H and O–H groups in total. The summed E-state index contributed by atoms with van der Waals surface area (Å²) >= 11 is 0. The number of carbonyl (C=O) groups is 1. The van der Waals surface area contributed by atoms with E-state index in [4.69, 9.17) is 0 Å². The smallest absolute Gasteiger partial charge is 0.350 e. The van der Waals surface area contributed by atoms with E-state index in [1.54, 1.807) is 24.3 Å². The molecule has 5 rings (SSSR count). The summed E-state index contributed by atoms with van der Waals surface area (Å²) in [7, 11) is 0. The van der Waals surface area contributed by atoms with Crippen LogP contribution in [0, 0.1) is 0 Å². The second-order valence-corrected chi connectivity index (χ2v) is 7.73. The van der Waals surface area contributed by atoms with Crippen LogP contribution < -0.4 is 16.6 Å². The number of amides is 1. The Kier molecular flexibility index (Phi) is 5.32. The van der Waals surface area contributed by atoms with Crippen molar-refractivity contribution in [2.75, 3.05) is 0 Å². The third-order valence-electron chi connectivity index (χ3n) is 5.49. The molecule has 0 fully saturated rings. The van der Waals surface area contributed by atoms with Crippen molar-refractivity contribution in [3.63, 3.8) is 0 Å². The van der Waals surface area contributed by atoms with Crippen LogP contribution in [0.3, 0.4) is 0 Å². The molecule has 0 saturated heterocycles. The minimum Gasteiger partial charge on any atom is -0.350 e. The zero-order chi connectivity index (χ0) is 22.8. The van der Waals surface area contributed by atoms with Crippen molar-refractivity contribution in [2.45, 2.75) is 19.6 Å². The third kappa shape index (κ3) is 3.94. The third-order valence-corrected chi connectivity index (χ3v) is 5.49. The van der Waals surface area contributed by atoms with Crippen LogP contribution in [0.2, 0.25) is 0 Å².